The summed E-state index contributed by atoms with van der Waals surface area (Å²) in [5.74, 6) is -0.162. The Bertz CT molecular complexity index is 840. The van der Waals surface area contributed by atoms with Crippen molar-refractivity contribution in [3.05, 3.63) is 90.5 Å². The second-order valence-corrected chi connectivity index (χ2v) is 10.3. The Morgan fingerprint density at radius 1 is 0.857 bits per heavy atom. The molecule has 2 unspecified atom stereocenters. The van der Waals surface area contributed by atoms with Gasteiger partial charge < -0.3 is 4.74 Å². The third-order valence-corrected chi connectivity index (χ3v) is 7.14. The molecule has 0 bridgehead atoms. The lowest BCUT2D eigenvalue weighted by atomic mass is 10.1. The quantitative estimate of drug-likeness (QED) is 0.157. The standard InChI is InChI=1S/C24H24IO2S/c1-3-23(27-24(26)18(2)25)19-14-16-22(17-15-19)28(20-10-6-4-7-11-20)21-12-8-5-9-13-21/h4-18,23H,3H2,1-2H3/q+1. The predicted octanol–water partition coefficient (Wildman–Crippen LogP) is 6.60. The number of alkyl halides is 1. The zero-order valence-corrected chi connectivity index (χ0v) is 19.0. The number of halogens is 1. The van der Waals surface area contributed by atoms with E-state index in [4.69, 9.17) is 4.74 Å². The lowest BCUT2D eigenvalue weighted by molar-refractivity contribution is -0.148. The first kappa shape index (κ1) is 20.9. The number of carbonyl (C=O) groups is 1. The van der Waals surface area contributed by atoms with Gasteiger partial charge in [-0.2, -0.15) is 0 Å². The van der Waals surface area contributed by atoms with Crippen molar-refractivity contribution in [2.24, 2.45) is 0 Å². The van der Waals surface area contributed by atoms with Crippen molar-refractivity contribution in [2.75, 3.05) is 0 Å². The fraction of sp³-hybridized carbons (Fsp3) is 0.208. The van der Waals surface area contributed by atoms with Gasteiger partial charge in [0.25, 0.3) is 0 Å². The average molecular weight is 503 g/mol. The molecule has 0 radical (unpaired) electrons. The number of hydrogen-bond acceptors (Lipinski definition) is 2. The minimum atomic E-state index is -0.200. The molecule has 0 aliphatic rings. The summed E-state index contributed by atoms with van der Waals surface area (Å²) in [7, 11) is -0.165. The topological polar surface area (TPSA) is 26.3 Å². The molecule has 0 aliphatic heterocycles. The highest BCUT2D eigenvalue weighted by Crippen LogP contribution is 2.32. The van der Waals surface area contributed by atoms with E-state index in [-0.39, 0.29) is 26.9 Å². The highest BCUT2D eigenvalue weighted by Gasteiger charge is 2.28. The zero-order valence-electron chi connectivity index (χ0n) is 16.0. The second kappa shape index (κ2) is 10.1. The molecule has 144 valence electrons. The summed E-state index contributed by atoms with van der Waals surface area (Å²) in [5, 5.41) is 0. The van der Waals surface area contributed by atoms with E-state index >= 15 is 0 Å². The molecular weight excluding hydrogens is 479 g/mol. The molecule has 3 aromatic rings. The largest absolute Gasteiger partial charge is 0.457 e. The summed E-state index contributed by atoms with van der Waals surface area (Å²) >= 11 is 2.09. The van der Waals surface area contributed by atoms with Gasteiger partial charge in [0.15, 0.2) is 14.7 Å². The molecule has 2 nitrogen and oxygen atoms in total. The van der Waals surface area contributed by atoms with Crippen LogP contribution < -0.4 is 0 Å². The molecule has 0 aliphatic carbocycles. The summed E-state index contributed by atoms with van der Waals surface area (Å²) in [4.78, 5) is 15.8. The van der Waals surface area contributed by atoms with Gasteiger partial charge in [-0.1, -0.05) is 78.0 Å². The van der Waals surface area contributed by atoms with E-state index < -0.39 is 0 Å². The van der Waals surface area contributed by atoms with E-state index in [1.807, 2.05) is 26.0 Å². The first-order chi connectivity index (χ1) is 13.6. The van der Waals surface area contributed by atoms with Crippen LogP contribution in [0.3, 0.4) is 0 Å². The van der Waals surface area contributed by atoms with Crippen molar-refractivity contribution < 1.29 is 9.53 Å². The van der Waals surface area contributed by atoms with Crippen molar-refractivity contribution in [1.29, 1.82) is 0 Å². The molecule has 0 heterocycles. The number of esters is 1. The maximum Gasteiger partial charge on any atom is 0.319 e. The van der Waals surface area contributed by atoms with Crippen molar-refractivity contribution in [1.82, 2.24) is 0 Å². The van der Waals surface area contributed by atoms with Gasteiger partial charge in [0.05, 0.1) is 10.9 Å². The van der Waals surface area contributed by atoms with E-state index in [2.05, 4.69) is 95.4 Å². The predicted molar refractivity (Wildman–Crippen MR) is 124 cm³/mol. The third-order valence-electron chi connectivity index (χ3n) is 4.40. The molecular formula is C24H24IO2S+. The normalized spacial score (nSPS) is 13.1. The monoisotopic (exact) mass is 503 g/mol. The fourth-order valence-corrected chi connectivity index (χ4v) is 5.19. The van der Waals surface area contributed by atoms with Crippen LogP contribution in [0.2, 0.25) is 0 Å². The minimum Gasteiger partial charge on any atom is -0.457 e. The smallest absolute Gasteiger partial charge is 0.319 e. The number of benzene rings is 3. The Kier molecular flexibility index (Phi) is 7.57. The molecule has 2 atom stereocenters. The van der Waals surface area contributed by atoms with Gasteiger partial charge in [0.1, 0.15) is 10.0 Å². The first-order valence-corrected chi connectivity index (χ1v) is 11.9. The van der Waals surface area contributed by atoms with Crippen LogP contribution in [0, 0.1) is 0 Å². The van der Waals surface area contributed by atoms with Crippen LogP contribution in [0.15, 0.2) is 99.6 Å². The summed E-state index contributed by atoms with van der Waals surface area (Å²) < 4.78 is 5.53. The van der Waals surface area contributed by atoms with E-state index in [1.165, 1.54) is 14.7 Å². The average Bonchev–Trinajstić information content (AvgIpc) is 2.74. The van der Waals surface area contributed by atoms with Gasteiger partial charge in [-0.05, 0) is 55.3 Å². The molecule has 3 rings (SSSR count). The van der Waals surface area contributed by atoms with Gasteiger partial charge >= 0.3 is 5.97 Å². The van der Waals surface area contributed by atoms with Crippen molar-refractivity contribution >= 4 is 39.5 Å². The van der Waals surface area contributed by atoms with Crippen LogP contribution >= 0.6 is 22.6 Å². The van der Waals surface area contributed by atoms with Crippen LogP contribution in [0.5, 0.6) is 0 Å². The van der Waals surface area contributed by atoms with Crippen LogP contribution in [0.25, 0.3) is 0 Å². The molecule has 0 spiro atoms. The number of carbonyl (C=O) groups excluding carboxylic acids is 1. The van der Waals surface area contributed by atoms with Crippen LogP contribution in [-0.4, -0.2) is 9.89 Å². The molecule has 0 saturated carbocycles. The van der Waals surface area contributed by atoms with E-state index in [1.54, 1.807) is 0 Å². The fourth-order valence-electron chi connectivity index (χ4n) is 2.96. The van der Waals surface area contributed by atoms with Crippen molar-refractivity contribution in [3.8, 4) is 0 Å². The molecule has 0 aromatic heterocycles. The minimum absolute atomic E-state index is 0.145. The Morgan fingerprint density at radius 3 is 1.75 bits per heavy atom. The third kappa shape index (κ3) is 5.17. The molecule has 3 aromatic carbocycles. The van der Waals surface area contributed by atoms with E-state index in [0.29, 0.717) is 0 Å². The molecule has 0 saturated heterocycles. The Hall–Kier alpha value is -1.79. The number of hydrogen-bond donors (Lipinski definition) is 0. The summed E-state index contributed by atoms with van der Waals surface area (Å²) in [6.45, 7) is 3.90. The lowest BCUT2D eigenvalue weighted by Gasteiger charge is -2.18. The SMILES string of the molecule is CCC(OC(=O)C(C)I)c1ccc([S+](c2ccccc2)c2ccccc2)cc1. The Labute approximate surface area is 183 Å². The van der Waals surface area contributed by atoms with Gasteiger partial charge in [-0.3, -0.25) is 4.79 Å². The number of ether oxygens (including phenoxy) is 1. The highest BCUT2D eigenvalue weighted by atomic mass is 127. The molecule has 0 amide bonds. The van der Waals surface area contributed by atoms with Crippen LogP contribution in [0.1, 0.15) is 31.9 Å². The lowest BCUT2D eigenvalue weighted by Crippen LogP contribution is -2.17. The van der Waals surface area contributed by atoms with Crippen molar-refractivity contribution in [3.63, 3.8) is 0 Å². The van der Waals surface area contributed by atoms with E-state index in [0.717, 1.165) is 12.0 Å². The van der Waals surface area contributed by atoms with E-state index in [9.17, 15) is 4.79 Å². The Morgan fingerprint density at radius 2 is 1.32 bits per heavy atom. The maximum absolute atomic E-state index is 12.0. The maximum atomic E-state index is 12.0. The Balaban J connectivity index is 1.91. The second-order valence-electron chi connectivity index (χ2n) is 6.45. The molecule has 0 N–H and O–H groups in total. The zero-order chi connectivity index (χ0) is 19.9. The summed E-state index contributed by atoms with van der Waals surface area (Å²) in [6.07, 6.45) is 0.561. The summed E-state index contributed by atoms with van der Waals surface area (Å²) in [5.41, 5.74) is 1.04. The van der Waals surface area contributed by atoms with Crippen LogP contribution in [-0.2, 0) is 20.4 Å². The molecule has 28 heavy (non-hydrogen) atoms. The van der Waals surface area contributed by atoms with Crippen LogP contribution in [0.4, 0.5) is 0 Å². The van der Waals surface area contributed by atoms with Crippen molar-refractivity contribution in [2.45, 2.75) is 45.0 Å². The van der Waals surface area contributed by atoms with Gasteiger partial charge in [-0.15, -0.1) is 0 Å². The number of rotatable bonds is 7. The summed E-state index contributed by atoms with van der Waals surface area (Å²) in [6, 6.07) is 29.7. The van der Waals surface area contributed by atoms with Gasteiger partial charge in [0, 0.05) is 0 Å². The van der Waals surface area contributed by atoms with Gasteiger partial charge in [0.2, 0.25) is 0 Å². The molecule has 0 fully saturated rings. The first-order valence-electron chi connectivity index (χ1n) is 9.39. The van der Waals surface area contributed by atoms with Gasteiger partial charge in [-0.25, -0.2) is 0 Å². The molecule has 4 heteroatoms. The highest BCUT2D eigenvalue weighted by molar-refractivity contribution is 14.1.